The van der Waals surface area contributed by atoms with Crippen LogP contribution in [0.1, 0.15) is 23.2 Å². The number of carbonyl (C=O) groups excluding carboxylic acids is 1. The first-order valence-corrected chi connectivity index (χ1v) is 6.86. The Labute approximate surface area is 119 Å². The second-order valence-corrected chi connectivity index (χ2v) is 5.31. The number of rotatable bonds is 3. The predicted octanol–water partition coefficient (Wildman–Crippen LogP) is 1.57. The van der Waals surface area contributed by atoms with Crippen molar-refractivity contribution in [3.05, 3.63) is 23.8 Å². The Morgan fingerprint density at radius 1 is 1.40 bits per heavy atom. The largest absolute Gasteiger partial charge is 0.504 e. The van der Waals surface area contributed by atoms with Gasteiger partial charge in [0.25, 0.3) is 5.91 Å². The lowest BCUT2D eigenvalue weighted by Gasteiger charge is -2.35. The van der Waals surface area contributed by atoms with Gasteiger partial charge in [-0.1, -0.05) is 6.07 Å². The molecule has 1 saturated heterocycles. The Balaban J connectivity index is 2.14. The number of nitrogens with zero attached hydrogens (tertiary/aromatic N) is 2. The van der Waals surface area contributed by atoms with E-state index in [9.17, 15) is 9.90 Å². The number of phenols is 1. The third-order valence-corrected chi connectivity index (χ3v) is 4.01. The molecule has 0 atom stereocenters. The first-order chi connectivity index (χ1) is 9.54. The first kappa shape index (κ1) is 14.7. The van der Waals surface area contributed by atoms with Gasteiger partial charge in [0.1, 0.15) is 0 Å². The minimum atomic E-state index is -0.157. The number of hydrogen-bond donors (Lipinski definition) is 1. The van der Waals surface area contributed by atoms with Crippen molar-refractivity contribution in [2.75, 3.05) is 34.3 Å². The number of amides is 1. The Bertz CT molecular complexity index is 482. The average molecular weight is 278 g/mol. The maximum atomic E-state index is 12.5. The third-order valence-electron chi connectivity index (χ3n) is 4.01. The van der Waals surface area contributed by atoms with E-state index in [-0.39, 0.29) is 17.7 Å². The van der Waals surface area contributed by atoms with Gasteiger partial charge in [-0.05, 0) is 45.1 Å². The van der Waals surface area contributed by atoms with Crippen molar-refractivity contribution >= 4 is 5.91 Å². The SMILES string of the molecule is COc1cccc(C(=O)N(C)C2CCN(C)CC2)c1O. The van der Waals surface area contributed by atoms with Crippen LogP contribution >= 0.6 is 0 Å². The number of benzene rings is 1. The van der Waals surface area contributed by atoms with Crippen molar-refractivity contribution in [3.8, 4) is 11.5 Å². The summed E-state index contributed by atoms with van der Waals surface area (Å²) in [4.78, 5) is 16.5. The lowest BCUT2D eigenvalue weighted by molar-refractivity contribution is 0.0656. The molecule has 5 nitrogen and oxygen atoms in total. The van der Waals surface area contributed by atoms with Crippen molar-refractivity contribution in [1.82, 2.24) is 9.80 Å². The summed E-state index contributed by atoms with van der Waals surface area (Å²) in [6.07, 6.45) is 1.92. The molecule has 0 radical (unpaired) electrons. The van der Waals surface area contributed by atoms with Gasteiger partial charge in [0.2, 0.25) is 0 Å². The Kier molecular flexibility index (Phi) is 4.49. The maximum Gasteiger partial charge on any atom is 0.257 e. The molecule has 1 fully saturated rings. The molecule has 1 aromatic rings. The lowest BCUT2D eigenvalue weighted by atomic mass is 10.0. The zero-order valence-electron chi connectivity index (χ0n) is 12.3. The van der Waals surface area contributed by atoms with Crippen molar-refractivity contribution in [1.29, 1.82) is 0 Å². The summed E-state index contributed by atoms with van der Waals surface area (Å²) >= 11 is 0. The molecule has 1 aliphatic heterocycles. The molecule has 0 aliphatic carbocycles. The van der Waals surface area contributed by atoms with Gasteiger partial charge in [0, 0.05) is 13.1 Å². The molecule has 1 aliphatic rings. The van der Waals surface area contributed by atoms with Crippen molar-refractivity contribution in [3.63, 3.8) is 0 Å². The number of carbonyl (C=O) groups is 1. The number of methoxy groups -OCH3 is 1. The molecule has 5 heteroatoms. The normalized spacial score (nSPS) is 16.9. The van der Waals surface area contributed by atoms with E-state index in [4.69, 9.17) is 4.74 Å². The Morgan fingerprint density at radius 2 is 2.05 bits per heavy atom. The van der Waals surface area contributed by atoms with Crippen LogP contribution in [0.3, 0.4) is 0 Å². The molecule has 110 valence electrons. The van der Waals surface area contributed by atoms with Crippen LogP contribution in [0.25, 0.3) is 0 Å². The minimum absolute atomic E-state index is 0.0835. The van der Waals surface area contributed by atoms with Crippen LogP contribution in [0.15, 0.2) is 18.2 Å². The number of ether oxygens (including phenoxy) is 1. The van der Waals surface area contributed by atoms with Gasteiger partial charge >= 0.3 is 0 Å². The lowest BCUT2D eigenvalue weighted by Crippen LogP contribution is -2.44. The number of aromatic hydroxyl groups is 1. The molecule has 0 spiro atoms. The molecule has 2 rings (SSSR count). The highest BCUT2D eigenvalue weighted by Gasteiger charge is 2.26. The number of likely N-dealkylation sites (tertiary alicyclic amines) is 1. The van der Waals surface area contributed by atoms with Crippen LogP contribution in [0.2, 0.25) is 0 Å². The van der Waals surface area contributed by atoms with E-state index in [2.05, 4.69) is 11.9 Å². The molecular weight excluding hydrogens is 256 g/mol. The van der Waals surface area contributed by atoms with E-state index in [1.54, 1.807) is 30.1 Å². The summed E-state index contributed by atoms with van der Waals surface area (Å²) in [5.41, 5.74) is 0.297. The van der Waals surface area contributed by atoms with Crippen molar-refractivity contribution < 1.29 is 14.6 Å². The number of hydrogen-bond acceptors (Lipinski definition) is 4. The second kappa shape index (κ2) is 6.13. The van der Waals surface area contributed by atoms with Gasteiger partial charge < -0.3 is 19.6 Å². The summed E-state index contributed by atoms with van der Waals surface area (Å²) in [6, 6.07) is 5.21. The molecule has 1 heterocycles. The second-order valence-electron chi connectivity index (χ2n) is 5.31. The minimum Gasteiger partial charge on any atom is -0.504 e. The summed E-state index contributed by atoms with van der Waals surface area (Å²) in [7, 11) is 5.37. The fourth-order valence-corrected chi connectivity index (χ4v) is 2.60. The van der Waals surface area contributed by atoms with Crippen molar-refractivity contribution in [2.45, 2.75) is 18.9 Å². The predicted molar refractivity (Wildman–Crippen MR) is 77.3 cm³/mol. The standard InChI is InChI=1S/C15H22N2O3/c1-16-9-7-11(8-10-16)17(2)15(19)12-5-4-6-13(20-3)14(12)18/h4-6,11,18H,7-10H2,1-3H3. The van der Waals surface area contributed by atoms with Crippen LogP contribution in [-0.2, 0) is 0 Å². The fraction of sp³-hybridized carbons (Fsp3) is 0.533. The summed E-state index contributed by atoms with van der Waals surface area (Å²) in [5.74, 6) is 0.0864. The van der Waals surface area contributed by atoms with E-state index in [0.29, 0.717) is 11.3 Å². The highest BCUT2D eigenvalue weighted by atomic mass is 16.5. The van der Waals surface area contributed by atoms with Crippen LogP contribution in [0.4, 0.5) is 0 Å². The zero-order chi connectivity index (χ0) is 14.7. The number of para-hydroxylation sites is 1. The maximum absolute atomic E-state index is 12.5. The van der Waals surface area contributed by atoms with Gasteiger partial charge in [-0.15, -0.1) is 0 Å². The third kappa shape index (κ3) is 2.88. The number of piperidine rings is 1. The van der Waals surface area contributed by atoms with E-state index < -0.39 is 0 Å². The summed E-state index contributed by atoms with van der Waals surface area (Å²) < 4.78 is 5.05. The molecule has 0 unspecified atom stereocenters. The fourth-order valence-electron chi connectivity index (χ4n) is 2.60. The molecule has 1 amide bonds. The van der Waals surface area contributed by atoms with E-state index in [0.717, 1.165) is 25.9 Å². The zero-order valence-corrected chi connectivity index (χ0v) is 12.3. The van der Waals surface area contributed by atoms with Crippen LogP contribution in [0, 0.1) is 0 Å². The van der Waals surface area contributed by atoms with Gasteiger partial charge in [0.15, 0.2) is 11.5 Å². The highest BCUT2D eigenvalue weighted by molar-refractivity contribution is 5.97. The highest BCUT2D eigenvalue weighted by Crippen LogP contribution is 2.30. The van der Waals surface area contributed by atoms with E-state index >= 15 is 0 Å². The van der Waals surface area contributed by atoms with Gasteiger partial charge in [0.05, 0.1) is 12.7 Å². The molecule has 1 aromatic carbocycles. The molecule has 0 bridgehead atoms. The van der Waals surface area contributed by atoms with Crippen LogP contribution in [-0.4, -0.2) is 61.2 Å². The average Bonchev–Trinajstić information content (AvgIpc) is 2.47. The van der Waals surface area contributed by atoms with Gasteiger partial charge in [-0.3, -0.25) is 4.79 Å². The molecule has 0 saturated carbocycles. The smallest absolute Gasteiger partial charge is 0.257 e. The van der Waals surface area contributed by atoms with E-state index in [1.807, 2.05) is 0 Å². The van der Waals surface area contributed by atoms with Gasteiger partial charge in [-0.25, -0.2) is 0 Å². The van der Waals surface area contributed by atoms with Gasteiger partial charge in [-0.2, -0.15) is 0 Å². The van der Waals surface area contributed by atoms with E-state index in [1.165, 1.54) is 7.11 Å². The molecule has 20 heavy (non-hydrogen) atoms. The summed E-state index contributed by atoms with van der Waals surface area (Å²) in [5, 5.41) is 10.1. The van der Waals surface area contributed by atoms with Crippen molar-refractivity contribution in [2.24, 2.45) is 0 Å². The topological polar surface area (TPSA) is 53.0 Å². The quantitative estimate of drug-likeness (QED) is 0.912. The monoisotopic (exact) mass is 278 g/mol. The Hall–Kier alpha value is -1.75. The van der Waals surface area contributed by atoms with Crippen LogP contribution < -0.4 is 4.74 Å². The molecule has 1 N–H and O–H groups in total. The number of phenolic OH excluding ortho intramolecular Hbond substituents is 1. The first-order valence-electron chi connectivity index (χ1n) is 6.86. The molecule has 0 aromatic heterocycles. The summed E-state index contributed by atoms with van der Waals surface area (Å²) in [6.45, 7) is 1.98. The Morgan fingerprint density at radius 3 is 2.65 bits per heavy atom. The van der Waals surface area contributed by atoms with Crippen LogP contribution in [0.5, 0.6) is 11.5 Å². The molecular formula is C15H22N2O3.